The summed E-state index contributed by atoms with van der Waals surface area (Å²) in [4.78, 5) is 0. The summed E-state index contributed by atoms with van der Waals surface area (Å²) < 4.78 is 24.9. The normalized spacial score (nSPS) is 38.9. The van der Waals surface area contributed by atoms with Crippen molar-refractivity contribution in [1.29, 1.82) is 0 Å². The molecule has 0 aromatic carbocycles. The van der Waals surface area contributed by atoms with Gasteiger partial charge in [0, 0.05) is 19.3 Å². The van der Waals surface area contributed by atoms with E-state index < -0.39 is 5.79 Å². The van der Waals surface area contributed by atoms with Crippen molar-refractivity contribution in [2.45, 2.75) is 136 Å². The van der Waals surface area contributed by atoms with Crippen LogP contribution in [0.2, 0.25) is 0 Å². The van der Waals surface area contributed by atoms with Gasteiger partial charge in [-0.2, -0.15) is 0 Å². The van der Waals surface area contributed by atoms with Crippen LogP contribution in [0.3, 0.4) is 0 Å². The zero-order valence-electron chi connectivity index (χ0n) is 18.3. The molecule has 27 heavy (non-hydrogen) atoms. The Balaban J connectivity index is 1.97. The Morgan fingerprint density at radius 3 is 2.19 bits per heavy atom. The van der Waals surface area contributed by atoms with Crippen molar-refractivity contribution in [2.75, 3.05) is 0 Å². The quantitative estimate of drug-likeness (QED) is 0.617. The largest absolute Gasteiger partial charge is 0.393 e. The minimum Gasteiger partial charge on any atom is -0.393 e. The molecule has 2 fully saturated rings. The number of rotatable bonds is 9. The van der Waals surface area contributed by atoms with Gasteiger partial charge in [-0.3, -0.25) is 0 Å². The average Bonchev–Trinajstić information content (AvgIpc) is 2.58. The molecule has 0 bridgehead atoms. The highest BCUT2D eigenvalue weighted by Gasteiger charge is 2.40. The van der Waals surface area contributed by atoms with E-state index in [9.17, 15) is 5.11 Å². The molecule has 2 rings (SSSR count). The molecule has 7 unspecified atom stereocenters. The minimum atomic E-state index is -0.575. The van der Waals surface area contributed by atoms with E-state index in [1.165, 1.54) is 0 Å². The summed E-state index contributed by atoms with van der Waals surface area (Å²) in [6, 6.07) is 0. The first-order valence-electron chi connectivity index (χ1n) is 11.1. The predicted octanol–water partition coefficient (Wildman–Crippen LogP) is 4.79. The summed E-state index contributed by atoms with van der Waals surface area (Å²) in [7, 11) is 0. The summed E-state index contributed by atoms with van der Waals surface area (Å²) in [6.45, 7) is 12.6. The Morgan fingerprint density at radius 2 is 1.59 bits per heavy atom. The smallest absolute Gasteiger partial charge is 0.165 e. The molecule has 5 heteroatoms. The van der Waals surface area contributed by atoms with Gasteiger partial charge in [0.05, 0.1) is 30.5 Å². The van der Waals surface area contributed by atoms with Gasteiger partial charge < -0.3 is 24.1 Å². The molecule has 2 saturated heterocycles. The first kappa shape index (κ1) is 23.1. The molecule has 0 aromatic heterocycles. The summed E-state index contributed by atoms with van der Waals surface area (Å²) in [6.07, 6.45) is 7.26. The lowest BCUT2D eigenvalue weighted by atomic mass is 9.95. The van der Waals surface area contributed by atoms with Crippen LogP contribution in [0.25, 0.3) is 0 Å². The Morgan fingerprint density at radius 1 is 0.963 bits per heavy atom. The molecule has 0 radical (unpaired) electrons. The van der Waals surface area contributed by atoms with Crippen molar-refractivity contribution < 1.29 is 24.1 Å². The average molecular weight is 387 g/mol. The van der Waals surface area contributed by atoms with Crippen LogP contribution in [0.5, 0.6) is 0 Å². The molecule has 7 atom stereocenters. The molecular formula is C22H42O5. The second-order valence-electron chi connectivity index (χ2n) is 9.08. The van der Waals surface area contributed by atoms with Crippen LogP contribution in [-0.4, -0.2) is 47.7 Å². The van der Waals surface area contributed by atoms with E-state index in [0.29, 0.717) is 12.3 Å². The van der Waals surface area contributed by atoms with Crippen molar-refractivity contribution in [1.82, 2.24) is 0 Å². The van der Waals surface area contributed by atoms with Gasteiger partial charge in [0.2, 0.25) is 0 Å². The molecule has 0 saturated carbocycles. The Labute approximate surface area is 166 Å². The van der Waals surface area contributed by atoms with Gasteiger partial charge in [-0.15, -0.1) is 0 Å². The van der Waals surface area contributed by atoms with E-state index >= 15 is 0 Å². The molecule has 5 nitrogen and oxygen atoms in total. The van der Waals surface area contributed by atoms with Crippen LogP contribution >= 0.6 is 0 Å². The van der Waals surface area contributed by atoms with Crippen LogP contribution in [0.4, 0.5) is 0 Å². The van der Waals surface area contributed by atoms with Gasteiger partial charge in [0.1, 0.15) is 0 Å². The number of ether oxygens (including phenoxy) is 4. The fourth-order valence-electron chi connectivity index (χ4n) is 4.14. The molecule has 160 valence electrons. The van der Waals surface area contributed by atoms with Crippen molar-refractivity contribution >= 4 is 0 Å². The van der Waals surface area contributed by atoms with Gasteiger partial charge in [-0.25, -0.2) is 0 Å². The number of aliphatic hydroxyl groups excluding tert-OH is 1. The molecule has 0 aliphatic carbocycles. The summed E-state index contributed by atoms with van der Waals surface area (Å²) in [5.41, 5.74) is 0. The minimum absolute atomic E-state index is 0.0345. The van der Waals surface area contributed by atoms with E-state index in [1.54, 1.807) is 0 Å². The third kappa shape index (κ3) is 7.62. The predicted molar refractivity (Wildman–Crippen MR) is 106 cm³/mol. The summed E-state index contributed by atoms with van der Waals surface area (Å²) >= 11 is 0. The Hall–Kier alpha value is -0.200. The maximum absolute atomic E-state index is 9.80. The Bertz CT molecular complexity index is 427. The zero-order chi connectivity index (χ0) is 20.0. The van der Waals surface area contributed by atoms with Crippen molar-refractivity contribution in [3.8, 4) is 0 Å². The molecule has 2 aliphatic heterocycles. The monoisotopic (exact) mass is 386 g/mol. The maximum atomic E-state index is 9.80. The van der Waals surface area contributed by atoms with Crippen molar-refractivity contribution in [2.24, 2.45) is 5.92 Å². The number of aliphatic hydroxyl groups is 1. The molecule has 0 aromatic rings. The lowest BCUT2D eigenvalue weighted by molar-refractivity contribution is -0.321. The highest BCUT2D eigenvalue weighted by Crippen LogP contribution is 2.35. The van der Waals surface area contributed by atoms with Crippen molar-refractivity contribution in [3.05, 3.63) is 0 Å². The highest BCUT2D eigenvalue weighted by molar-refractivity contribution is 4.83. The molecule has 1 N–H and O–H groups in total. The number of hydrogen-bond donors (Lipinski definition) is 1. The maximum Gasteiger partial charge on any atom is 0.165 e. The third-order valence-electron chi connectivity index (χ3n) is 5.78. The van der Waals surface area contributed by atoms with Gasteiger partial charge >= 0.3 is 0 Å². The summed E-state index contributed by atoms with van der Waals surface area (Å²) in [5.74, 6) is 0.0810. The van der Waals surface area contributed by atoms with E-state index in [1.807, 2.05) is 13.8 Å². The molecular weight excluding hydrogens is 344 g/mol. The fourth-order valence-corrected chi connectivity index (χ4v) is 4.14. The highest BCUT2D eigenvalue weighted by atomic mass is 16.7. The first-order chi connectivity index (χ1) is 12.7. The second-order valence-corrected chi connectivity index (χ2v) is 9.08. The third-order valence-corrected chi connectivity index (χ3v) is 5.78. The SMILES string of the molecule is CCC1CC(CC2CC(CC(C)O)OC(C)(CC)O2)OC(CCC(C)C)O1. The molecule has 0 spiro atoms. The van der Waals surface area contributed by atoms with E-state index in [-0.39, 0.29) is 36.8 Å². The van der Waals surface area contributed by atoms with Gasteiger partial charge in [0.25, 0.3) is 0 Å². The van der Waals surface area contributed by atoms with Gasteiger partial charge in [0.15, 0.2) is 12.1 Å². The lowest BCUT2D eigenvalue weighted by Gasteiger charge is -2.45. The van der Waals surface area contributed by atoms with Gasteiger partial charge in [-0.1, -0.05) is 27.7 Å². The van der Waals surface area contributed by atoms with E-state index in [0.717, 1.165) is 44.9 Å². The molecule has 2 aliphatic rings. The van der Waals surface area contributed by atoms with E-state index in [2.05, 4.69) is 27.7 Å². The van der Waals surface area contributed by atoms with Gasteiger partial charge in [-0.05, 0) is 51.9 Å². The first-order valence-corrected chi connectivity index (χ1v) is 11.1. The van der Waals surface area contributed by atoms with Crippen LogP contribution in [0, 0.1) is 5.92 Å². The fraction of sp³-hybridized carbons (Fsp3) is 1.00. The standard InChI is InChI=1S/C22H42O5/c1-7-17-12-18(25-21(24-17)10-9-15(3)4)13-20-14-19(11-16(5)23)26-22(6,8-2)27-20/h15-21,23H,7-14H2,1-6H3. The lowest BCUT2D eigenvalue weighted by Crippen LogP contribution is -2.49. The van der Waals surface area contributed by atoms with Crippen LogP contribution in [0.15, 0.2) is 0 Å². The van der Waals surface area contributed by atoms with E-state index in [4.69, 9.17) is 18.9 Å². The molecule has 2 heterocycles. The van der Waals surface area contributed by atoms with Crippen LogP contribution < -0.4 is 0 Å². The van der Waals surface area contributed by atoms with Crippen molar-refractivity contribution in [3.63, 3.8) is 0 Å². The summed E-state index contributed by atoms with van der Waals surface area (Å²) in [5, 5.41) is 9.80. The van der Waals surface area contributed by atoms with Crippen LogP contribution in [0.1, 0.15) is 92.9 Å². The second kappa shape index (κ2) is 10.5. The molecule has 0 amide bonds. The number of hydrogen-bond acceptors (Lipinski definition) is 5. The van der Waals surface area contributed by atoms with Crippen LogP contribution in [-0.2, 0) is 18.9 Å². The Kier molecular flexibility index (Phi) is 9.01. The zero-order valence-corrected chi connectivity index (χ0v) is 18.3. The topological polar surface area (TPSA) is 57.2 Å².